The minimum Gasteiger partial charge on any atom is -0.496 e. The Labute approximate surface area is 205 Å². The normalized spacial score (nSPS) is 13.4. The Morgan fingerprint density at radius 3 is 2.46 bits per heavy atom. The van der Waals surface area contributed by atoms with E-state index in [1.165, 1.54) is 5.56 Å². The van der Waals surface area contributed by atoms with Crippen molar-refractivity contribution in [2.24, 2.45) is 0 Å². The van der Waals surface area contributed by atoms with Crippen molar-refractivity contribution in [2.45, 2.75) is 13.3 Å². The lowest BCUT2D eigenvalue weighted by Gasteiger charge is -2.36. The van der Waals surface area contributed by atoms with Crippen LogP contribution in [-0.4, -0.2) is 55.6 Å². The number of aryl methyl sites for hydroxylation is 1. The van der Waals surface area contributed by atoms with E-state index < -0.39 is 0 Å². The Kier molecular flexibility index (Phi) is 7.50. The minimum absolute atomic E-state index is 0.0443. The van der Waals surface area contributed by atoms with Gasteiger partial charge < -0.3 is 19.9 Å². The van der Waals surface area contributed by atoms with Gasteiger partial charge in [-0.15, -0.1) is 0 Å². The summed E-state index contributed by atoms with van der Waals surface area (Å²) in [7, 11) is 1.58. The molecule has 0 spiro atoms. The van der Waals surface area contributed by atoms with Gasteiger partial charge in [0.05, 0.1) is 17.6 Å². The first-order valence-electron chi connectivity index (χ1n) is 11.7. The molecule has 0 atom stereocenters. The van der Waals surface area contributed by atoms with E-state index in [2.05, 4.69) is 10.2 Å². The van der Waals surface area contributed by atoms with E-state index in [0.717, 1.165) is 17.7 Å². The fourth-order valence-electron chi connectivity index (χ4n) is 4.44. The largest absolute Gasteiger partial charge is 0.496 e. The highest BCUT2D eigenvalue weighted by atomic mass is 16.6. The highest BCUT2D eigenvalue weighted by molar-refractivity contribution is 5.97. The van der Waals surface area contributed by atoms with Gasteiger partial charge in [-0.25, -0.2) is 0 Å². The number of piperazine rings is 1. The monoisotopic (exact) mass is 474 g/mol. The zero-order chi connectivity index (χ0) is 24.8. The van der Waals surface area contributed by atoms with Crippen LogP contribution in [0.25, 0.3) is 0 Å². The topological polar surface area (TPSA) is 88.0 Å². The van der Waals surface area contributed by atoms with Gasteiger partial charge in [0.1, 0.15) is 11.4 Å². The lowest BCUT2D eigenvalue weighted by molar-refractivity contribution is -0.383. The molecule has 1 aliphatic heterocycles. The number of carbonyl (C=O) groups is 1. The predicted molar refractivity (Wildman–Crippen MR) is 138 cm³/mol. The number of hydrogen-bond acceptors (Lipinski definition) is 6. The first-order chi connectivity index (χ1) is 17.0. The van der Waals surface area contributed by atoms with Gasteiger partial charge in [-0.2, -0.15) is 0 Å². The molecule has 0 radical (unpaired) electrons. The van der Waals surface area contributed by atoms with Gasteiger partial charge in [0.25, 0.3) is 11.6 Å². The second-order valence-electron chi connectivity index (χ2n) is 8.56. The molecule has 3 aromatic carbocycles. The molecule has 182 valence electrons. The number of para-hydroxylation sites is 1. The Morgan fingerprint density at radius 2 is 1.77 bits per heavy atom. The highest BCUT2D eigenvalue weighted by Gasteiger charge is 2.26. The van der Waals surface area contributed by atoms with Crippen LogP contribution >= 0.6 is 0 Å². The lowest BCUT2D eigenvalue weighted by Crippen LogP contribution is -2.48. The maximum absolute atomic E-state index is 13.1. The number of nitrogens with one attached hydrogen (secondary N) is 1. The zero-order valence-corrected chi connectivity index (χ0v) is 20.1. The fourth-order valence-corrected chi connectivity index (χ4v) is 4.44. The molecule has 0 unspecified atom stereocenters. The summed E-state index contributed by atoms with van der Waals surface area (Å²) in [6.45, 7) is 4.91. The predicted octanol–water partition coefficient (Wildman–Crippen LogP) is 4.53. The van der Waals surface area contributed by atoms with Gasteiger partial charge in [-0.05, 0) is 42.7 Å². The van der Waals surface area contributed by atoms with Crippen LogP contribution in [0, 0.1) is 17.0 Å². The van der Waals surface area contributed by atoms with Crippen molar-refractivity contribution in [1.29, 1.82) is 0 Å². The summed E-state index contributed by atoms with van der Waals surface area (Å²) in [5.41, 5.74) is 4.13. The molecule has 0 bridgehead atoms. The molecule has 1 saturated heterocycles. The van der Waals surface area contributed by atoms with Crippen LogP contribution in [0.15, 0.2) is 66.7 Å². The van der Waals surface area contributed by atoms with Crippen molar-refractivity contribution in [2.75, 3.05) is 50.1 Å². The van der Waals surface area contributed by atoms with Crippen LogP contribution in [0.5, 0.6) is 5.75 Å². The quantitative estimate of drug-likeness (QED) is 0.381. The van der Waals surface area contributed by atoms with E-state index in [-0.39, 0.29) is 16.5 Å². The molecule has 1 heterocycles. The molecular formula is C27H30N4O4. The third-order valence-electron chi connectivity index (χ3n) is 6.33. The molecule has 4 rings (SSSR count). The molecule has 1 N–H and O–H groups in total. The summed E-state index contributed by atoms with van der Waals surface area (Å²) in [6.07, 6.45) is 0.769. The molecule has 1 aliphatic rings. The summed E-state index contributed by atoms with van der Waals surface area (Å²) in [5, 5.41) is 14.8. The van der Waals surface area contributed by atoms with Gasteiger partial charge >= 0.3 is 0 Å². The fraction of sp³-hybridized carbons (Fsp3) is 0.296. The molecule has 8 nitrogen and oxygen atoms in total. The number of methoxy groups -OCH3 is 1. The first-order valence-corrected chi connectivity index (χ1v) is 11.7. The molecule has 0 aromatic heterocycles. The maximum atomic E-state index is 13.1. The second-order valence-corrected chi connectivity index (χ2v) is 8.56. The SMILES string of the molecule is COc1c(C)cccc1C(=O)N1CCN(c2ccc([N+](=O)[O-])c(NCCc3ccccc3)c2)CC1. The number of nitro benzene ring substituents is 1. The number of nitro groups is 1. The number of nitrogens with zero attached hydrogens (tertiary/aromatic N) is 3. The molecule has 8 heteroatoms. The van der Waals surface area contributed by atoms with Crippen LogP contribution in [0.1, 0.15) is 21.5 Å². The van der Waals surface area contributed by atoms with Crippen molar-refractivity contribution in [3.63, 3.8) is 0 Å². The molecule has 3 aromatic rings. The van der Waals surface area contributed by atoms with Crippen LogP contribution in [-0.2, 0) is 6.42 Å². The van der Waals surface area contributed by atoms with Gasteiger partial charge in [0.15, 0.2) is 0 Å². The summed E-state index contributed by atoms with van der Waals surface area (Å²) < 4.78 is 5.46. The van der Waals surface area contributed by atoms with E-state index in [1.807, 2.05) is 60.4 Å². The Balaban J connectivity index is 1.42. The number of amides is 1. The summed E-state index contributed by atoms with van der Waals surface area (Å²) >= 11 is 0. The smallest absolute Gasteiger partial charge is 0.292 e. The van der Waals surface area contributed by atoms with Gasteiger partial charge in [0, 0.05) is 44.5 Å². The van der Waals surface area contributed by atoms with E-state index >= 15 is 0 Å². The van der Waals surface area contributed by atoms with Crippen LogP contribution in [0.4, 0.5) is 17.1 Å². The van der Waals surface area contributed by atoms with Crippen molar-refractivity contribution in [1.82, 2.24) is 4.90 Å². The van der Waals surface area contributed by atoms with Crippen LogP contribution in [0.2, 0.25) is 0 Å². The van der Waals surface area contributed by atoms with E-state index in [1.54, 1.807) is 25.3 Å². The number of hydrogen-bond donors (Lipinski definition) is 1. The Bertz CT molecular complexity index is 1190. The Hall–Kier alpha value is -4.07. The number of carbonyl (C=O) groups excluding carboxylic acids is 1. The Morgan fingerprint density at radius 1 is 1.03 bits per heavy atom. The average molecular weight is 475 g/mol. The van der Waals surface area contributed by atoms with Crippen molar-refractivity contribution in [3.8, 4) is 5.75 Å². The van der Waals surface area contributed by atoms with Crippen molar-refractivity contribution >= 4 is 23.0 Å². The van der Waals surface area contributed by atoms with Gasteiger partial charge in [-0.1, -0.05) is 42.5 Å². The standard InChI is InChI=1S/C27H30N4O4/c1-20-7-6-10-23(26(20)35-2)27(32)30-17-15-29(16-18-30)22-11-12-25(31(33)34)24(19-22)28-14-13-21-8-4-3-5-9-21/h3-12,19,28H,13-18H2,1-2H3. The third-order valence-corrected chi connectivity index (χ3v) is 6.33. The van der Waals surface area contributed by atoms with Crippen LogP contribution < -0.4 is 15.0 Å². The molecule has 35 heavy (non-hydrogen) atoms. The van der Waals surface area contributed by atoms with Gasteiger partial charge in [0.2, 0.25) is 0 Å². The highest BCUT2D eigenvalue weighted by Crippen LogP contribution is 2.31. The molecule has 1 amide bonds. The summed E-state index contributed by atoms with van der Waals surface area (Å²) in [4.78, 5) is 28.3. The van der Waals surface area contributed by atoms with E-state index in [0.29, 0.717) is 49.7 Å². The zero-order valence-electron chi connectivity index (χ0n) is 20.1. The van der Waals surface area contributed by atoms with Crippen molar-refractivity contribution in [3.05, 3.63) is 93.5 Å². The third kappa shape index (κ3) is 5.54. The molecule has 0 saturated carbocycles. The lowest BCUT2D eigenvalue weighted by atomic mass is 10.1. The second kappa shape index (κ2) is 10.9. The van der Waals surface area contributed by atoms with Crippen molar-refractivity contribution < 1.29 is 14.5 Å². The van der Waals surface area contributed by atoms with E-state index in [9.17, 15) is 14.9 Å². The summed E-state index contributed by atoms with van der Waals surface area (Å²) in [6, 6.07) is 20.8. The average Bonchev–Trinajstić information content (AvgIpc) is 2.88. The van der Waals surface area contributed by atoms with Crippen LogP contribution in [0.3, 0.4) is 0 Å². The summed E-state index contributed by atoms with van der Waals surface area (Å²) in [5.74, 6) is 0.568. The number of anilines is 2. The molecular weight excluding hydrogens is 444 g/mol. The number of rotatable bonds is 8. The first kappa shape index (κ1) is 24.1. The van der Waals surface area contributed by atoms with E-state index in [4.69, 9.17) is 4.74 Å². The number of ether oxygens (including phenoxy) is 1. The number of benzene rings is 3. The molecule has 1 fully saturated rings. The maximum Gasteiger partial charge on any atom is 0.292 e. The van der Waals surface area contributed by atoms with Gasteiger partial charge in [-0.3, -0.25) is 14.9 Å². The minimum atomic E-state index is -0.361. The molecule has 0 aliphatic carbocycles.